The van der Waals surface area contributed by atoms with Crippen LogP contribution >= 0.6 is 0 Å². The van der Waals surface area contributed by atoms with Crippen LogP contribution in [0.4, 0.5) is 0 Å². The highest BCUT2D eigenvalue weighted by molar-refractivity contribution is 5.37. The van der Waals surface area contributed by atoms with Crippen molar-refractivity contribution in [1.82, 2.24) is 0 Å². The maximum absolute atomic E-state index is 11.3. The van der Waals surface area contributed by atoms with Crippen molar-refractivity contribution in [2.75, 3.05) is 0 Å². The Kier molecular flexibility index (Phi) is 4.03. The van der Waals surface area contributed by atoms with Gasteiger partial charge in [-0.05, 0) is 11.1 Å². The van der Waals surface area contributed by atoms with Crippen LogP contribution in [-0.4, -0.2) is 11.1 Å². The number of aliphatic hydroxyl groups is 1. The molecule has 2 aromatic rings. The van der Waals surface area contributed by atoms with Gasteiger partial charge in [0.05, 0.1) is 0 Å². The Labute approximate surface area is 114 Å². The van der Waals surface area contributed by atoms with Crippen LogP contribution < -0.4 is 5.73 Å². The zero-order valence-corrected chi connectivity index (χ0v) is 11.6. The molecule has 2 aromatic carbocycles. The molecule has 0 unspecified atom stereocenters. The SMILES string of the molecule is CC(C)[C@@H]([NH3+])C(O)(c1ccccc1)c1ccccc1. The van der Waals surface area contributed by atoms with E-state index in [9.17, 15) is 5.11 Å². The maximum Gasteiger partial charge on any atom is 0.166 e. The van der Waals surface area contributed by atoms with E-state index in [4.69, 9.17) is 0 Å². The molecule has 2 rings (SSSR count). The van der Waals surface area contributed by atoms with Crippen LogP contribution in [0.3, 0.4) is 0 Å². The van der Waals surface area contributed by atoms with Crippen LogP contribution in [0.1, 0.15) is 25.0 Å². The van der Waals surface area contributed by atoms with Gasteiger partial charge < -0.3 is 10.8 Å². The first-order valence-electron chi connectivity index (χ1n) is 6.73. The normalized spacial score (nSPS) is 13.5. The summed E-state index contributed by atoms with van der Waals surface area (Å²) >= 11 is 0. The molecular formula is C17H22NO+. The van der Waals surface area contributed by atoms with Gasteiger partial charge in [0.25, 0.3) is 0 Å². The van der Waals surface area contributed by atoms with Crippen molar-refractivity contribution in [3.63, 3.8) is 0 Å². The maximum atomic E-state index is 11.3. The number of benzene rings is 2. The smallest absolute Gasteiger partial charge is 0.166 e. The van der Waals surface area contributed by atoms with Crippen LogP contribution in [0.2, 0.25) is 0 Å². The molecule has 0 saturated carbocycles. The van der Waals surface area contributed by atoms with E-state index in [0.29, 0.717) is 0 Å². The molecule has 0 amide bonds. The van der Waals surface area contributed by atoms with Crippen molar-refractivity contribution >= 4 is 0 Å². The second-order valence-electron chi connectivity index (χ2n) is 5.35. The molecule has 0 aliphatic rings. The van der Waals surface area contributed by atoms with Crippen molar-refractivity contribution in [3.05, 3.63) is 71.8 Å². The first-order chi connectivity index (χ1) is 9.06. The minimum Gasteiger partial charge on any atom is -0.374 e. The Balaban J connectivity index is 2.57. The van der Waals surface area contributed by atoms with Crippen LogP contribution in [0.15, 0.2) is 60.7 Å². The molecule has 0 radical (unpaired) electrons. The Morgan fingerprint density at radius 2 is 1.21 bits per heavy atom. The van der Waals surface area contributed by atoms with E-state index in [1.54, 1.807) is 0 Å². The molecule has 19 heavy (non-hydrogen) atoms. The third-order valence-electron chi connectivity index (χ3n) is 3.77. The molecule has 2 heteroatoms. The van der Waals surface area contributed by atoms with Crippen LogP contribution in [0, 0.1) is 5.92 Å². The Morgan fingerprint density at radius 3 is 1.53 bits per heavy atom. The molecule has 2 nitrogen and oxygen atoms in total. The quantitative estimate of drug-likeness (QED) is 0.865. The summed E-state index contributed by atoms with van der Waals surface area (Å²) in [5.41, 5.74) is 4.96. The van der Waals surface area contributed by atoms with Gasteiger partial charge in [0.15, 0.2) is 5.60 Å². The predicted octanol–water partition coefficient (Wildman–Crippen LogP) is 2.19. The van der Waals surface area contributed by atoms with Crippen molar-refractivity contribution in [1.29, 1.82) is 0 Å². The molecule has 0 aromatic heterocycles. The molecule has 0 heterocycles. The van der Waals surface area contributed by atoms with Gasteiger partial charge in [-0.2, -0.15) is 0 Å². The largest absolute Gasteiger partial charge is 0.374 e. The van der Waals surface area contributed by atoms with Gasteiger partial charge in [0, 0.05) is 5.92 Å². The number of rotatable bonds is 4. The van der Waals surface area contributed by atoms with E-state index in [2.05, 4.69) is 19.6 Å². The topological polar surface area (TPSA) is 47.9 Å². The van der Waals surface area contributed by atoms with Crippen LogP contribution in [-0.2, 0) is 5.60 Å². The summed E-state index contributed by atoms with van der Waals surface area (Å²) in [6.45, 7) is 4.18. The third-order valence-corrected chi connectivity index (χ3v) is 3.77. The Bertz CT molecular complexity index is 468. The first kappa shape index (κ1) is 13.8. The Morgan fingerprint density at radius 1 is 0.842 bits per heavy atom. The zero-order valence-electron chi connectivity index (χ0n) is 11.6. The van der Waals surface area contributed by atoms with Crippen molar-refractivity contribution in [3.8, 4) is 0 Å². The van der Waals surface area contributed by atoms with Gasteiger partial charge in [-0.3, -0.25) is 0 Å². The van der Waals surface area contributed by atoms with E-state index in [0.717, 1.165) is 11.1 Å². The minimum absolute atomic E-state index is 0.114. The molecule has 0 aliphatic carbocycles. The standard InChI is InChI=1S/C17H21NO/c1-13(2)16(18)17(19,14-9-5-3-6-10-14)15-11-7-4-8-12-15/h3-13,16,19H,18H2,1-2H3/p+1/t16-/m1/s1. The van der Waals surface area contributed by atoms with Gasteiger partial charge in [0.1, 0.15) is 6.04 Å². The highest BCUT2D eigenvalue weighted by Crippen LogP contribution is 2.33. The molecule has 0 spiro atoms. The fourth-order valence-electron chi connectivity index (χ4n) is 2.46. The minimum atomic E-state index is -1.04. The average Bonchev–Trinajstić information content (AvgIpc) is 2.47. The second kappa shape index (κ2) is 5.55. The number of quaternary nitrogens is 1. The van der Waals surface area contributed by atoms with E-state index in [1.165, 1.54) is 0 Å². The summed E-state index contributed by atoms with van der Waals surface area (Å²) in [5, 5.41) is 11.3. The lowest BCUT2D eigenvalue weighted by Gasteiger charge is -2.34. The first-order valence-corrected chi connectivity index (χ1v) is 6.73. The molecule has 0 bridgehead atoms. The number of hydrogen-bond donors (Lipinski definition) is 2. The van der Waals surface area contributed by atoms with Gasteiger partial charge in [-0.1, -0.05) is 74.5 Å². The monoisotopic (exact) mass is 256 g/mol. The Hall–Kier alpha value is -1.64. The van der Waals surface area contributed by atoms with Crippen LogP contribution in [0.5, 0.6) is 0 Å². The molecule has 0 aliphatic heterocycles. The molecule has 1 atom stereocenters. The lowest BCUT2D eigenvalue weighted by molar-refractivity contribution is -0.463. The van der Waals surface area contributed by atoms with Crippen LogP contribution in [0.25, 0.3) is 0 Å². The summed E-state index contributed by atoms with van der Waals surface area (Å²) in [6, 6.07) is 19.5. The predicted molar refractivity (Wildman–Crippen MR) is 77.4 cm³/mol. The molecule has 4 N–H and O–H groups in total. The highest BCUT2D eigenvalue weighted by Gasteiger charge is 2.42. The molecule has 0 saturated heterocycles. The summed E-state index contributed by atoms with van der Waals surface area (Å²) in [6.07, 6.45) is 0. The summed E-state index contributed by atoms with van der Waals surface area (Å²) < 4.78 is 0. The average molecular weight is 256 g/mol. The lowest BCUT2D eigenvalue weighted by atomic mass is 9.76. The lowest BCUT2D eigenvalue weighted by Crippen LogP contribution is -2.72. The van der Waals surface area contributed by atoms with Gasteiger partial charge in [0.2, 0.25) is 0 Å². The molecule has 0 fully saturated rings. The summed E-state index contributed by atoms with van der Waals surface area (Å²) in [7, 11) is 0. The van der Waals surface area contributed by atoms with Gasteiger partial charge in [-0.15, -0.1) is 0 Å². The molecule has 100 valence electrons. The van der Waals surface area contributed by atoms with E-state index >= 15 is 0 Å². The van der Waals surface area contributed by atoms with Crippen molar-refractivity contribution in [2.45, 2.75) is 25.5 Å². The molecular weight excluding hydrogens is 234 g/mol. The van der Waals surface area contributed by atoms with E-state index < -0.39 is 5.60 Å². The van der Waals surface area contributed by atoms with Crippen molar-refractivity contribution in [2.24, 2.45) is 5.92 Å². The van der Waals surface area contributed by atoms with Gasteiger partial charge in [-0.25, -0.2) is 0 Å². The van der Waals surface area contributed by atoms with E-state index in [-0.39, 0.29) is 12.0 Å². The summed E-state index contributed by atoms with van der Waals surface area (Å²) in [4.78, 5) is 0. The van der Waals surface area contributed by atoms with Crippen molar-refractivity contribution < 1.29 is 10.8 Å². The second-order valence-corrected chi connectivity index (χ2v) is 5.35. The third kappa shape index (κ3) is 2.55. The van der Waals surface area contributed by atoms with Gasteiger partial charge >= 0.3 is 0 Å². The zero-order chi connectivity index (χ0) is 13.9. The summed E-state index contributed by atoms with van der Waals surface area (Å²) in [5.74, 6) is 0.283. The van der Waals surface area contributed by atoms with E-state index in [1.807, 2.05) is 60.7 Å². The fraction of sp³-hybridized carbons (Fsp3) is 0.294. The number of hydrogen-bond acceptors (Lipinski definition) is 1. The highest BCUT2D eigenvalue weighted by atomic mass is 16.3. The fourth-order valence-corrected chi connectivity index (χ4v) is 2.46.